The van der Waals surface area contributed by atoms with Gasteiger partial charge >= 0.3 is 6.09 Å². The van der Waals surface area contributed by atoms with Crippen molar-refractivity contribution in [2.24, 2.45) is 0 Å². The van der Waals surface area contributed by atoms with Crippen LogP contribution in [0.4, 0.5) is 4.79 Å². The number of nitrogens with zero attached hydrogens (tertiary/aromatic N) is 2. The van der Waals surface area contributed by atoms with E-state index in [-0.39, 0.29) is 18.4 Å². The molecule has 1 aromatic heterocycles. The molecule has 4 aromatic rings. The molecule has 1 atom stereocenters. The molecular weight excluding hydrogens is 512 g/mol. The highest BCUT2D eigenvalue weighted by Gasteiger charge is 2.27. The van der Waals surface area contributed by atoms with Crippen molar-refractivity contribution in [2.75, 3.05) is 26.2 Å². The van der Waals surface area contributed by atoms with Crippen molar-refractivity contribution in [2.45, 2.75) is 31.9 Å². The predicted molar refractivity (Wildman–Crippen MR) is 161 cm³/mol. The average Bonchev–Trinajstić information content (AvgIpc) is 3.03. The lowest BCUT2D eigenvalue weighted by Gasteiger charge is -2.31. The van der Waals surface area contributed by atoms with Crippen LogP contribution in [0.1, 0.15) is 35.2 Å². The van der Waals surface area contributed by atoms with Crippen LogP contribution in [0.2, 0.25) is 0 Å². The van der Waals surface area contributed by atoms with Gasteiger partial charge in [-0.15, -0.1) is 0 Å². The van der Waals surface area contributed by atoms with Crippen LogP contribution in [0.3, 0.4) is 0 Å². The van der Waals surface area contributed by atoms with Crippen molar-refractivity contribution < 1.29 is 14.3 Å². The Morgan fingerprint density at radius 2 is 1.41 bits per heavy atom. The van der Waals surface area contributed by atoms with Gasteiger partial charge < -0.3 is 20.3 Å². The number of rotatable bonds is 14. The summed E-state index contributed by atoms with van der Waals surface area (Å²) in [5.41, 5.74) is 4.08. The molecule has 0 saturated carbocycles. The zero-order valence-corrected chi connectivity index (χ0v) is 23.5. The Morgan fingerprint density at radius 1 is 0.805 bits per heavy atom. The monoisotopic (exact) mass is 550 g/mol. The molecule has 41 heavy (non-hydrogen) atoms. The molecule has 0 saturated heterocycles. The highest BCUT2D eigenvalue weighted by Crippen LogP contribution is 2.26. The van der Waals surface area contributed by atoms with Gasteiger partial charge in [-0.1, -0.05) is 97.1 Å². The number of pyridine rings is 1. The second-order valence-corrected chi connectivity index (χ2v) is 9.77. The van der Waals surface area contributed by atoms with Crippen LogP contribution in [0.15, 0.2) is 115 Å². The van der Waals surface area contributed by atoms with Crippen molar-refractivity contribution in [3.05, 3.63) is 138 Å². The molecular formula is C34H38N4O3. The number of ether oxygens (including phenoxy) is 1. The summed E-state index contributed by atoms with van der Waals surface area (Å²) in [6.07, 6.45) is 1.68. The normalized spacial score (nSPS) is 11.6. The lowest BCUT2D eigenvalue weighted by atomic mass is 9.90. The molecule has 2 N–H and O–H groups in total. The third-order valence-corrected chi connectivity index (χ3v) is 6.94. The fourth-order valence-electron chi connectivity index (χ4n) is 4.75. The molecule has 0 aliphatic rings. The maximum Gasteiger partial charge on any atom is 0.407 e. The second-order valence-electron chi connectivity index (χ2n) is 9.77. The van der Waals surface area contributed by atoms with Gasteiger partial charge in [-0.3, -0.25) is 9.78 Å². The molecule has 0 aliphatic heterocycles. The summed E-state index contributed by atoms with van der Waals surface area (Å²) in [5, 5.41) is 6.13. The number of hydrogen-bond acceptors (Lipinski definition) is 5. The summed E-state index contributed by atoms with van der Waals surface area (Å²) in [4.78, 5) is 32.5. The number of benzene rings is 3. The summed E-state index contributed by atoms with van der Waals surface area (Å²) < 4.78 is 5.30. The Balaban J connectivity index is 1.41. The Labute approximate surface area is 242 Å². The molecule has 0 aliphatic carbocycles. The van der Waals surface area contributed by atoms with E-state index in [1.165, 1.54) is 0 Å². The zero-order chi connectivity index (χ0) is 28.7. The van der Waals surface area contributed by atoms with Crippen LogP contribution in [0.5, 0.6) is 0 Å². The van der Waals surface area contributed by atoms with Gasteiger partial charge in [0.1, 0.15) is 6.61 Å². The summed E-state index contributed by atoms with van der Waals surface area (Å²) in [6.45, 7) is 4.06. The lowest BCUT2D eigenvalue weighted by molar-refractivity contribution is -0.133. The summed E-state index contributed by atoms with van der Waals surface area (Å²) in [7, 11) is 0. The SMILES string of the molecule is CCN(CC(c1ccccc1)c1ccccc1)C(=O)[C@H](Cc1ccccn1)NCCNC(=O)OCc1ccccc1. The smallest absolute Gasteiger partial charge is 0.407 e. The molecule has 3 aromatic carbocycles. The van der Waals surface area contributed by atoms with E-state index in [0.29, 0.717) is 32.6 Å². The Morgan fingerprint density at radius 3 is 2.00 bits per heavy atom. The molecule has 0 spiro atoms. The summed E-state index contributed by atoms with van der Waals surface area (Å²) >= 11 is 0. The van der Waals surface area contributed by atoms with Gasteiger partial charge in [0.25, 0.3) is 0 Å². The van der Waals surface area contributed by atoms with E-state index in [4.69, 9.17) is 4.74 Å². The molecule has 212 valence electrons. The van der Waals surface area contributed by atoms with Crippen molar-refractivity contribution in [3.8, 4) is 0 Å². The van der Waals surface area contributed by atoms with E-state index in [9.17, 15) is 9.59 Å². The average molecular weight is 551 g/mol. The first kappa shape index (κ1) is 29.5. The summed E-state index contributed by atoms with van der Waals surface area (Å²) in [5.74, 6) is 0.0412. The standard InChI is InChI=1S/C34H38N4O3/c1-2-38(25-31(28-16-8-4-9-17-28)29-18-10-5-11-19-29)33(39)32(24-30-20-12-13-21-35-30)36-22-23-37-34(40)41-26-27-14-6-3-7-15-27/h3-21,31-32,36H,2,22-26H2,1H3,(H,37,40)/t32-/m0/s1. The third-order valence-electron chi connectivity index (χ3n) is 6.94. The van der Waals surface area contributed by atoms with Crippen LogP contribution >= 0.6 is 0 Å². The fraction of sp³-hybridized carbons (Fsp3) is 0.265. The minimum atomic E-state index is -0.501. The number of carbonyl (C=O) groups is 2. The van der Waals surface area contributed by atoms with Gasteiger partial charge in [-0.25, -0.2) is 4.79 Å². The van der Waals surface area contributed by atoms with Gasteiger partial charge in [0.15, 0.2) is 0 Å². The number of carbonyl (C=O) groups excluding carboxylic acids is 2. The lowest BCUT2D eigenvalue weighted by Crippen LogP contribution is -2.50. The molecule has 7 heteroatoms. The van der Waals surface area contributed by atoms with E-state index in [2.05, 4.69) is 39.9 Å². The van der Waals surface area contributed by atoms with Gasteiger partial charge in [0, 0.05) is 50.4 Å². The maximum atomic E-state index is 14.0. The number of nitrogens with one attached hydrogen (secondary N) is 2. The minimum absolute atomic E-state index is 0.00155. The number of likely N-dealkylation sites (N-methyl/N-ethyl adjacent to an activating group) is 1. The van der Waals surface area contributed by atoms with E-state index in [0.717, 1.165) is 22.4 Å². The number of amides is 2. The molecule has 0 bridgehead atoms. The van der Waals surface area contributed by atoms with Crippen molar-refractivity contribution in [1.29, 1.82) is 0 Å². The van der Waals surface area contributed by atoms with Gasteiger partial charge in [-0.05, 0) is 35.7 Å². The Bertz CT molecular complexity index is 1280. The molecule has 0 radical (unpaired) electrons. The van der Waals surface area contributed by atoms with Gasteiger partial charge in [0.2, 0.25) is 5.91 Å². The van der Waals surface area contributed by atoms with Crippen LogP contribution in [-0.4, -0.2) is 54.1 Å². The topological polar surface area (TPSA) is 83.6 Å². The first-order valence-corrected chi connectivity index (χ1v) is 14.1. The number of aromatic nitrogens is 1. The van der Waals surface area contributed by atoms with Crippen molar-refractivity contribution in [3.63, 3.8) is 0 Å². The van der Waals surface area contributed by atoms with Crippen molar-refractivity contribution >= 4 is 12.0 Å². The van der Waals surface area contributed by atoms with E-state index >= 15 is 0 Å². The van der Waals surface area contributed by atoms with Crippen LogP contribution < -0.4 is 10.6 Å². The van der Waals surface area contributed by atoms with E-state index in [1.54, 1.807) is 6.20 Å². The summed E-state index contributed by atoms with van der Waals surface area (Å²) in [6, 6.07) is 35.3. The van der Waals surface area contributed by atoms with Gasteiger partial charge in [-0.2, -0.15) is 0 Å². The fourth-order valence-corrected chi connectivity index (χ4v) is 4.75. The molecule has 1 heterocycles. The van der Waals surface area contributed by atoms with Crippen LogP contribution in [0, 0.1) is 0 Å². The highest BCUT2D eigenvalue weighted by molar-refractivity contribution is 5.82. The molecule has 7 nitrogen and oxygen atoms in total. The molecule has 2 amide bonds. The Kier molecular flexibility index (Phi) is 11.5. The van der Waals surface area contributed by atoms with E-state index in [1.807, 2.05) is 96.8 Å². The van der Waals surface area contributed by atoms with Crippen LogP contribution in [-0.2, 0) is 22.6 Å². The minimum Gasteiger partial charge on any atom is -0.445 e. The zero-order valence-electron chi connectivity index (χ0n) is 23.5. The van der Waals surface area contributed by atoms with Crippen LogP contribution in [0.25, 0.3) is 0 Å². The van der Waals surface area contributed by atoms with Crippen molar-refractivity contribution in [1.82, 2.24) is 20.5 Å². The molecule has 4 rings (SSSR count). The molecule has 0 unspecified atom stereocenters. The highest BCUT2D eigenvalue weighted by atomic mass is 16.5. The largest absolute Gasteiger partial charge is 0.445 e. The van der Waals surface area contributed by atoms with Gasteiger partial charge in [0.05, 0.1) is 6.04 Å². The predicted octanol–water partition coefficient (Wildman–Crippen LogP) is 5.19. The quantitative estimate of drug-likeness (QED) is 0.211. The molecule has 0 fully saturated rings. The third kappa shape index (κ3) is 9.29. The number of hydrogen-bond donors (Lipinski definition) is 2. The first-order chi connectivity index (χ1) is 20.1. The maximum absolute atomic E-state index is 14.0. The second kappa shape index (κ2) is 15.9. The van der Waals surface area contributed by atoms with E-state index < -0.39 is 12.1 Å². The number of alkyl carbamates (subject to hydrolysis) is 1. The Hall–Kier alpha value is -4.49. The first-order valence-electron chi connectivity index (χ1n) is 14.1.